The Morgan fingerprint density at radius 3 is 2.72 bits per heavy atom. The number of thioether (sulfide) groups is 1. The van der Waals surface area contributed by atoms with E-state index in [1.807, 2.05) is 23.9 Å². The lowest BCUT2D eigenvalue weighted by Crippen LogP contribution is -2.15. The van der Waals surface area contributed by atoms with E-state index in [4.69, 9.17) is 22.5 Å². The molecule has 0 unspecified atom stereocenters. The minimum Gasteiger partial charge on any atom is -0.409 e. The Hall–Kier alpha value is -0.870. The van der Waals surface area contributed by atoms with Crippen LogP contribution in [0.3, 0.4) is 0 Å². The molecule has 5 heteroatoms. The molecule has 1 aliphatic carbocycles. The second kappa shape index (κ2) is 6.34. The van der Waals surface area contributed by atoms with Gasteiger partial charge in [-0.05, 0) is 31.0 Å². The zero-order valence-corrected chi connectivity index (χ0v) is 11.7. The van der Waals surface area contributed by atoms with Crippen molar-refractivity contribution in [2.75, 3.05) is 0 Å². The molecule has 1 fully saturated rings. The number of nitrogens with two attached hydrogens (primary N) is 1. The summed E-state index contributed by atoms with van der Waals surface area (Å²) in [5.41, 5.74) is 6.42. The predicted molar refractivity (Wildman–Crippen MR) is 76.7 cm³/mol. The van der Waals surface area contributed by atoms with Crippen LogP contribution in [-0.2, 0) is 0 Å². The predicted octanol–water partition coefficient (Wildman–Crippen LogP) is 3.86. The standard InChI is InChI=1S/C13H17ClN2OS/c14-9-6-7-12(11(8-9)13(15)16-17)18-10-4-2-1-3-5-10/h6-8,10,17H,1-5H2,(H2,15,16). The lowest BCUT2D eigenvalue weighted by Gasteiger charge is -2.22. The van der Waals surface area contributed by atoms with Gasteiger partial charge in [-0.25, -0.2) is 0 Å². The Morgan fingerprint density at radius 1 is 1.33 bits per heavy atom. The van der Waals surface area contributed by atoms with Crippen molar-refractivity contribution in [2.24, 2.45) is 10.9 Å². The van der Waals surface area contributed by atoms with Gasteiger partial charge in [0.2, 0.25) is 0 Å². The van der Waals surface area contributed by atoms with Crippen molar-refractivity contribution in [2.45, 2.75) is 42.2 Å². The summed E-state index contributed by atoms with van der Waals surface area (Å²) >= 11 is 7.77. The van der Waals surface area contributed by atoms with Crippen LogP contribution in [-0.4, -0.2) is 16.3 Å². The van der Waals surface area contributed by atoms with E-state index < -0.39 is 0 Å². The molecule has 0 heterocycles. The number of hydrogen-bond donors (Lipinski definition) is 2. The number of amidine groups is 1. The number of nitrogens with zero attached hydrogens (tertiary/aromatic N) is 1. The highest BCUT2D eigenvalue weighted by molar-refractivity contribution is 8.00. The molecule has 1 aromatic rings. The molecule has 18 heavy (non-hydrogen) atoms. The second-order valence-electron chi connectivity index (χ2n) is 4.50. The summed E-state index contributed by atoms with van der Waals surface area (Å²) < 4.78 is 0. The van der Waals surface area contributed by atoms with E-state index >= 15 is 0 Å². The molecule has 1 aromatic carbocycles. The zero-order valence-electron chi connectivity index (χ0n) is 10.1. The molecule has 0 amide bonds. The third-order valence-electron chi connectivity index (χ3n) is 3.17. The van der Waals surface area contributed by atoms with Gasteiger partial charge < -0.3 is 10.9 Å². The molecule has 0 bridgehead atoms. The summed E-state index contributed by atoms with van der Waals surface area (Å²) in [7, 11) is 0. The molecular weight excluding hydrogens is 268 g/mol. The number of rotatable bonds is 3. The molecule has 0 saturated heterocycles. The first-order chi connectivity index (χ1) is 8.70. The molecule has 98 valence electrons. The summed E-state index contributed by atoms with van der Waals surface area (Å²) in [6.45, 7) is 0. The fraction of sp³-hybridized carbons (Fsp3) is 0.462. The molecule has 3 nitrogen and oxygen atoms in total. The van der Waals surface area contributed by atoms with E-state index in [-0.39, 0.29) is 5.84 Å². The van der Waals surface area contributed by atoms with Crippen LogP contribution in [0.25, 0.3) is 0 Å². The average molecular weight is 285 g/mol. The maximum atomic E-state index is 8.82. The SMILES string of the molecule is N/C(=N/O)c1cc(Cl)ccc1SC1CCCCC1. The molecular formula is C13H17ClN2OS. The Bertz CT molecular complexity index is 445. The number of halogens is 1. The van der Waals surface area contributed by atoms with E-state index in [1.54, 1.807) is 6.07 Å². The third-order valence-corrected chi connectivity index (χ3v) is 4.82. The highest BCUT2D eigenvalue weighted by Gasteiger charge is 2.17. The Kier molecular flexibility index (Phi) is 4.78. The van der Waals surface area contributed by atoms with E-state index in [9.17, 15) is 0 Å². The summed E-state index contributed by atoms with van der Waals surface area (Å²) in [4.78, 5) is 1.04. The van der Waals surface area contributed by atoms with Gasteiger partial charge in [-0.2, -0.15) is 0 Å². The quantitative estimate of drug-likeness (QED) is 0.383. The third kappa shape index (κ3) is 3.33. The highest BCUT2D eigenvalue weighted by Crippen LogP contribution is 2.36. The highest BCUT2D eigenvalue weighted by atomic mass is 35.5. The van der Waals surface area contributed by atoms with E-state index in [1.165, 1.54) is 32.1 Å². The first-order valence-electron chi connectivity index (χ1n) is 6.15. The average Bonchev–Trinajstić information content (AvgIpc) is 2.41. The van der Waals surface area contributed by atoms with Gasteiger partial charge in [-0.15, -0.1) is 11.8 Å². The van der Waals surface area contributed by atoms with Crippen molar-refractivity contribution < 1.29 is 5.21 Å². The van der Waals surface area contributed by atoms with Gasteiger partial charge in [0.25, 0.3) is 0 Å². The van der Waals surface area contributed by atoms with Crippen molar-refractivity contribution >= 4 is 29.2 Å². The van der Waals surface area contributed by atoms with Gasteiger partial charge in [0.1, 0.15) is 0 Å². The van der Waals surface area contributed by atoms with Crippen molar-refractivity contribution in [3.8, 4) is 0 Å². The van der Waals surface area contributed by atoms with Gasteiger partial charge in [0, 0.05) is 20.7 Å². The van der Waals surface area contributed by atoms with Crippen LogP contribution >= 0.6 is 23.4 Å². The van der Waals surface area contributed by atoms with Crippen molar-refractivity contribution in [3.63, 3.8) is 0 Å². The Morgan fingerprint density at radius 2 is 2.06 bits per heavy atom. The van der Waals surface area contributed by atoms with Crippen LogP contribution in [0.4, 0.5) is 0 Å². The van der Waals surface area contributed by atoms with E-state index in [2.05, 4.69) is 5.16 Å². The Labute approximate surface area is 116 Å². The minimum absolute atomic E-state index is 0.121. The molecule has 1 saturated carbocycles. The smallest absolute Gasteiger partial charge is 0.171 e. The van der Waals surface area contributed by atoms with Gasteiger partial charge in [-0.3, -0.25) is 0 Å². The zero-order chi connectivity index (χ0) is 13.0. The Balaban J connectivity index is 2.20. The lowest BCUT2D eigenvalue weighted by molar-refractivity contribution is 0.318. The van der Waals surface area contributed by atoms with Crippen LogP contribution in [0, 0.1) is 0 Å². The van der Waals surface area contributed by atoms with E-state index in [0.717, 1.165) is 10.5 Å². The van der Waals surface area contributed by atoms with Crippen LogP contribution in [0.5, 0.6) is 0 Å². The summed E-state index contributed by atoms with van der Waals surface area (Å²) in [6.07, 6.45) is 6.41. The number of oxime groups is 1. The van der Waals surface area contributed by atoms with Crippen LogP contribution in [0.15, 0.2) is 28.3 Å². The van der Waals surface area contributed by atoms with Crippen molar-refractivity contribution in [3.05, 3.63) is 28.8 Å². The van der Waals surface area contributed by atoms with Crippen LogP contribution < -0.4 is 5.73 Å². The molecule has 0 aromatic heterocycles. The van der Waals surface area contributed by atoms with Crippen LogP contribution in [0.2, 0.25) is 5.02 Å². The van der Waals surface area contributed by atoms with Gasteiger partial charge in [0.05, 0.1) is 0 Å². The van der Waals surface area contributed by atoms with Crippen molar-refractivity contribution in [1.82, 2.24) is 0 Å². The maximum absolute atomic E-state index is 8.82. The van der Waals surface area contributed by atoms with Gasteiger partial charge >= 0.3 is 0 Å². The van der Waals surface area contributed by atoms with Gasteiger partial charge in [-0.1, -0.05) is 36.0 Å². The minimum atomic E-state index is 0.121. The molecule has 0 radical (unpaired) electrons. The lowest BCUT2D eigenvalue weighted by atomic mass is 10.0. The molecule has 2 rings (SSSR count). The molecule has 1 aliphatic rings. The molecule has 0 atom stereocenters. The second-order valence-corrected chi connectivity index (χ2v) is 6.28. The molecule has 0 aliphatic heterocycles. The largest absolute Gasteiger partial charge is 0.409 e. The summed E-state index contributed by atoms with van der Waals surface area (Å²) in [5.74, 6) is 0.121. The van der Waals surface area contributed by atoms with E-state index in [0.29, 0.717) is 10.3 Å². The first-order valence-corrected chi connectivity index (χ1v) is 7.40. The monoisotopic (exact) mass is 284 g/mol. The fourth-order valence-electron chi connectivity index (χ4n) is 2.22. The molecule has 3 N–H and O–H groups in total. The molecule has 0 spiro atoms. The maximum Gasteiger partial charge on any atom is 0.171 e. The van der Waals surface area contributed by atoms with Gasteiger partial charge in [0.15, 0.2) is 5.84 Å². The summed E-state index contributed by atoms with van der Waals surface area (Å²) in [5, 5.41) is 13.1. The fourth-order valence-corrected chi connectivity index (χ4v) is 3.76. The van der Waals surface area contributed by atoms with Crippen LogP contribution in [0.1, 0.15) is 37.7 Å². The topological polar surface area (TPSA) is 58.6 Å². The van der Waals surface area contributed by atoms with Crippen molar-refractivity contribution in [1.29, 1.82) is 0 Å². The normalized spacial score (nSPS) is 17.9. The summed E-state index contributed by atoms with van der Waals surface area (Å²) in [6, 6.07) is 5.55. The number of hydrogen-bond acceptors (Lipinski definition) is 3. The number of benzene rings is 1. The first kappa shape index (κ1) is 13.6.